The average Bonchev–Trinajstić information content (AvgIpc) is 2.97. The van der Waals surface area contributed by atoms with Crippen LogP contribution in [0.25, 0.3) is 10.2 Å². The Balaban J connectivity index is 1.59. The van der Waals surface area contributed by atoms with Gasteiger partial charge >= 0.3 is 4.87 Å². The Hall–Kier alpha value is -1.03. The number of benzene rings is 2. The van der Waals surface area contributed by atoms with E-state index in [1.165, 1.54) is 6.07 Å². The molecular weight excluding hydrogens is 459 g/mol. The zero-order chi connectivity index (χ0) is 20.3. The Morgan fingerprint density at radius 1 is 1.18 bits per heavy atom. The molecule has 0 saturated carbocycles. The molecule has 5 nitrogen and oxygen atoms in total. The summed E-state index contributed by atoms with van der Waals surface area (Å²) in [5, 5.41) is 1.19. The first kappa shape index (κ1) is 21.7. The molecule has 0 amide bonds. The molecule has 1 heterocycles. The molecule has 3 aromatic rings. The van der Waals surface area contributed by atoms with Gasteiger partial charge in [-0.05, 0) is 42.8 Å². The fourth-order valence-electron chi connectivity index (χ4n) is 2.67. The van der Waals surface area contributed by atoms with Crippen molar-refractivity contribution < 1.29 is 8.42 Å². The number of thiazole rings is 1. The highest BCUT2D eigenvalue weighted by atomic mass is 35.5. The number of nitrogens with one attached hydrogen (secondary N) is 1. The smallest absolute Gasteiger partial charge is 0.299 e. The normalized spacial score (nSPS) is 12.0. The standard InChI is InChI=1S/C18H18Cl2N2O3S3/c1-2-22-16-6-5-14(10-17(16)27-18(22)23)28(24,25)21-7-8-26-11-12-3-4-13(19)9-15(12)20/h3-6,9-10,21H,2,7-8,11H2,1H3. The van der Waals surface area contributed by atoms with E-state index in [1.807, 2.05) is 13.0 Å². The van der Waals surface area contributed by atoms with E-state index in [-0.39, 0.29) is 9.77 Å². The van der Waals surface area contributed by atoms with E-state index in [0.29, 0.717) is 39.3 Å². The summed E-state index contributed by atoms with van der Waals surface area (Å²) in [4.78, 5) is 12.0. The predicted molar refractivity (Wildman–Crippen MR) is 120 cm³/mol. The van der Waals surface area contributed by atoms with Crippen molar-refractivity contribution in [1.29, 1.82) is 0 Å². The Labute approximate surface area is 181 Å². The maximum Gasteiger partial charge on any atom is 0.308 e. The minimum absolute atomic E-state index is 0.0859. The van der Waals surface area contributed by atoms with Crippen LogP contribution >= 0.6 is 46.3 Å². The van der Waals surface area contributed by atoms with Gasteiger partial charge in [0.1, 0.15) is 0 Å². The van der Waals surface area contributed by atoms with E-state index in [2.05, 4.69) is 4.72 Å². The van der Waals surface area contributed by atoms with Crippen LogP contribution in [0.15, 0.2) is 46.1 Å². The average molecular weight is 477 g/mol. The van der Waals surface area contributed by atoms with Gasteiger partial charge in [-0.2, -0.15) is 11.8 Å². The number of sulfonamides is 1. The fraction of sp³-hybridized carbons (Fsp3) is 0.278. The fourth-order valence-corrected chi connectivity index (χ4v) is 6.34. The zero-order valence-corrected chi connectivity index (χ0v) is 18.9. The third-order valence-electron chi connectivity index (χ3n) is 4.08. The van der Waals surface area contributed by atoms with Crippen molar-refractivity contribution in [2.75, 3.05) is 12.3 Å². The molecule has 0 atom stereocenters. The molecule has 28 heavy (non-hydrogen) atoms. The molecule has 0 fully saturated rings. The van der Waals surface area contributed by atoms with Gasteiger partial charge in [-0.3, -0.25) is 9.36 Å². The molecule has 3 rings (SSSR count). The number of hydrogen-bond donors (Lipinski definition) is 1. The molecule has 0 bridgehead atoms. The Kier molecular flexibility index (Phi) is 7.12. The number of nitrogens with zero attached hydrogens (tertiary/aromatic N) is 1. The highest BCUT2D eigenvalue weighted by Crippen LogP contribution is 2.25. The van der Waals surface area contributed by atoms with Crippen LogP contribution < -0.4 is 9.60 Å². The van der Waals surface area contributed by atoms with E-state index in [1.54, 1.807) is 40.6 Å². The number of aromatic nitrogens is 1. The van der Waals surface area contributed by atoms with Crippen LogP contribution in [0.3, 0.4) is 0 Å². The maximum atomic E-state index is 12.5. The van der Waals surface area contributed by atoms with Crippen molar-refractivity contribution in [3.05, 3.63) is 61.7 Å². The highest BCUT2D eigenvalue weighted by Gasteiger charge is 2.16. The topological polar surface area (TPSA) is 68.2 Å². The van der Waals surface area contributed by atoms with Crippen molar-refractivity contribution in [3.63, 3.8) is 0 Å². The van der Waals surface area contributed by atoms with Gasteiger partial charge in [-0.25, -0.2) is 13.1 Å². The number of thioether (sulfide) groups is 1. The highest BCUT2D eigenvalue weighted by molar-refractivity contribution is 7.98. The van der Waals surface area contributed by atoms with E-state index < -0.39 is 10.0 Å². The number of rotatable bonds is 8. The summed E-state index contributed by atoms with van der Waals surface area (Å²) in [6, 6.07) is 10.1. The van der Waals surface area contributed by atoms with E-state index in [0.717, 1.165) is 22.4 Å². The number of hydrogen-bond acceptors (Lipinski definition) is 5. The van der Waals surface area contributed by atoms with Crippen molar-refractivity contribution in [3.8, 4) is 0 Å². The molecule has 0 saturated heterocycles. The Bertz CT molecular complexity index is 1160. The lowest BCUT2D eigenvalue weighted by molar-refractivity contribution is 0.584. The minimum atomic E-state index is -3.63. The molecule has 0 aliphatic rings. The lowest BCUT2D eigenvalue weighted by Gasteiger charge is -2.08. The second kappa shape index (κ2) is 9.19. The van der Waals surface area contributed by atoms with E-state index in [4.69, 9.17) is 23.2 Å². The Morgan fingerprint density at radius 3 is 2.68 bits per heavy atom. The molecule has 0 unspecified atom stereocenters. The quantitative estimate of drug-likeness (QED) is 0.482. The van der Waals surface area contributed by atoms with E-state index >= 15 is 0 Å². The van der Waals surface area contributed by atoms with Crippen molar-refractivity contribution in [2.45, 2.75) is 24.1 Å². The predicted octanol–water partition coefficient (Wildman–Crippen LogP) is 4.60. The van der Waals surface area contributed by atoms with Gasteiger partial charge in [-0.15, -0.1) is 0 Å². The maximum absolute atomic E-state index is 12.5. The van der Waals surface area contributed by atoms with Crippen LogP contribution in [0.2, 0.25) is 10.0 Å². The van der Waals surface area contributed by atoms with Crippen LogP contribution in [0, 0.1) is 0 Å². The minimum Gasteiger partial charge on any atom is -0.299 e. The molecule has 0 aliphatic carbocycles. The summed E-state index contributed by atoms with van der Waals surface area (Å²) in [5.74, 6) is 1.27. The van der Waals surface area contributed by atoms with Gasteiger partial charge in [0.05, 0.1) is 15.1 Å². The van der Waals surface area contributed by atoms with Gasteiger partial charge in [-0.1, -0.05) is 40.6 Å². The van der Waals surface area contributed by atoms with Gasteiger partial charge in [0.15, 0.2) is 0 Å². The van der Waals surface area contributed by atoms with Crippen LogP contribution in [-0.2, 0) is 22.3 Å². The number of fused-ring (bicyclic) bond motifs is 1. The molecule has 0 radical (unpaired) electrons. The van der Waals surface area contributed by atoms with Crippen molar-refractivity contribution >= 4 is 66.5 Å². The van der Waals surface area contributed by atoms with Crippen molar-refractivity contribution in [1.82, 2.24) is 9.29 Å². The summed E-state index contributed by atoms with van der Waals surface area (Å²) in [5.41, 5.74) is 1.71. The molecule has 2 aromatic carbocycles. The second-order valence-corrected chi connectivity index (χ2v) is 10.6. The lowest BCUT2D eigenvalue weighted by Crippen LogP contribution is -2.26. The zero-order valence-electron chi connectivity index (χ0n) is 14.9. The monoisotopic (exact) mass is 476 g/mol. The molecular formula is C18H18Cl2N2O3S3. The summed E-state index contributed by atoms with van der Waals surface area (Å²) in [6.45, 7) is 2.73. The van der Waals surface area contributed by atoms with Crippen LogP contribution in [-0.4, -0.2) is 25.3 Å². The third kappa shape index (κ3) is 4.93. The molecule has 1 aromatic heterocycles. The first-order valence-electron chi connectivity index (χ1n) is 8.46. The van der Waals surface area contributed by atoms with Crippen LogP contribution in [0.1, 0.15) is 12.5 Å². The molecule has 0 aliphatic heterocycles. The molecule has 10 heteroatoms. The molecule has 150 valence electrons. The molecule has 0 spiro atoms. The number of halogens is 2. The summed E-state index contributed by atoms with van der Waals surface area (Å²) in [6.07, 6.45) is 0. The van der Waals surface area contributed by atoms with Crippen molar-refractivity contribution in [2.24, 2.45) is 0 Å². The first-order valence-corrected chi connectivity index (χ1v) is 12.7. The first-order chi connectivity index (χ1) is 13.3. The summed E-state index contributed by atoms with van der Waals surface area (Å²) >= 11 is 14.6. The largest absolute Gasteiger partial charge is 0.308 e. The van der Waals surface area contributed by atoms with Crippen LogP contribution in [0.4, 0.5) is 0 Å². The van der Waals surface area contributed by atoms with Crippen LogP contribution in [0.5, 0.6) is 0 Å². The summed E-state index contributed by atoms with van der Waals surface area (Å²) in [7, 11) is -3.63. The molecule has 1 N–H and O–H groups in total. The summed E-state index contributed by atoms with van der Waals surface area (Å²) < 4.78 is 29.9. The van der Waals surface area contributed by atoms with Gasteiger partial charge in [0.25, 0.3) is 0 Å². The third-order valence-corrected chi connectivity index (χ3v) is 8.07. The lowest BCUT2D eigenvalue weighted by atomic mass is 10.2. The van der Waals surface area contributed by atoms with E-state index in [9.17, 15) is 13.2 Å². The van der Waals surface area contributed by atoms with Gasteiger partial charge < -0.3 is 0 Å². The number of aryl methyl sites for hydroxylation is 1. The van der Waals surface area contributed by atoms with Gasteiger partial charge in [0.2, 0.25) is 10.0 Å². The second-order valence-electron chi connectivity index (χ2n) is 5.93. The SMILES string of the molecule is CCn1c(=O)sc2cc(S(=O)(=O)NCCSCc3ccc(Cl)cc3Cl)ccc21. The Morgan fingerprint density at radius 2 is 1.96 bits per heavy atom. The van der Waals surface area contributed by atoms with Gasteiger partial charge in [0, 0.05) is 34.6 Å².